The van der Waals surface area contributed by atoms with Gasteiger partial charge in [0, 0.05) is 19.3 Å². The number of halogens is 6. The first-order chi connectivity index (χ1) is 12.4. The van der Waals surface area contributed by atoms with Gasteiger partial charge in [-0.2, -0.15) is 26.3 Å². The highest BCUT2D eigenvalue weighted by molar-refractivity contribution is 6.59. The maximum Gasteiger partial charge on any atom is 0.498 e. The Morgan fingerprint density at radius 1 is 0.815 bits per heavy atom. The second kappa shape index (κ2) is 9.90. The molecule has 0 aromatic heterocycles. The molecular weight excluding hydrogens is 394 g/mol. The van der Waals surface area contributed by atoms with Crippen molar-refractivity contribution in [1.29, 1.82) is 0 Å². The largest absolute Gasteiger partial charge is 0.498 e. The average molecular weight is 418 g/mol. The highest BCUT2D eigenvalue weighted by atomic mass is 28.4. The van der Waals surface area contributed by atoms with Crippen molar-refractivity contribution in [2.24, 2.45) is 0 Å². The fraction of sp³-hybridized carbons (Fsp3) is 0.647. The molecule has 27 heavy (non-hydrogen) atoms. The van der Waals surface area contributed by atoms with Crippen LogP contribution in [0, 0.1) is 0 Å². The van der Waals surface area contributed by atoms with Crippen molar-refractivity contribution < 1.29 is 40.0 Å². The maximum atomic E-state index is 12.8. The summed E-state index contributed by atoms with van der Waals surface area (Å²) in [6, 6.07) is 1.92. The van der Waals surface area contributed by atoms with Crippen LogP contribution in [0.25, 0.3) is 0 Å². The van der Waals surface area contributed by atoms with E-state index in [-0.39, 0.29) is 18.1 Å². The topological polar surface area (TPSA) is 38.7 Å². The summed E-state index contributed by atoms with van der Waals surface area (Å²) in [4.78, 5) is 10.2. The number of unbranched alkanes of at least 4 members (excludes halogenated alkanes) is 2. The molecule has 3 nitrogen and oxygen atoms in total. The van der Waals surface area contributed by atoms with E-state index in [1.807, 2.05) is 0 Å². The van der Waals surface area contributed by atoms with Gasteiger partial charge in [-0.05, 0) is 56.9 Å². The molecule has 0 aliphatic heterocycles. The van der Waals surface area contributed by atoms with Gasteiger partial charge in [-0.15, -0.1) is 0 Å². The summed E-state index contributed by atoms with van der Waals surface area (Å²) in [6.45, 7) is 4.05. The van der Waals surface area contributed by atoms with E-state index in [1.54, 1.807) is 13.8 Å². The molecule has 0 radical (unpaired) electrons. The van der Waals surface area contributed by atoms with Crippen LogP contribution in [0.15, 0.2) is 18.2 Å². The third-order valence-corrected chi connectivity index (χ3v) is 6.31. The molecule has 156 valence electrons. The number of rotatable bonds is 10. The molecule has 0 saturated carbocycles. The number of aryl methyl sites for hydroxylation is 1. The van der Waals surface area contributed by atoms with Gasteiger partial charge in [0.15, 0.2) is 0 Å². The molecule has 10 heteroatoms. The maximum absolute atomic E-state index is 12.8. The minimum atomic E-state index is -4.84. The first kappa shape index (κ1) is 23.9. The second-order valence-electron chi connectivity index (χ2n) is 6.05. The molecule has 1 aromatic rings. The molecule has 0 aliphatic rings. The van der Waals surface area contributed by atoms with Crippen LogP contribution in [0.1, 0.15) is 49.8 Å². The molecule has 0 heterocycles. The van der Waals surface area contributed by atoms with Crippen molar-refractivity contribution >= 4 is 8.80 Å². The lowest BCUT2D eigenvalue weighted by atomic mass is 10.0. The Morgan fingerprint density at radius 2 is 1.30 bits per heavy atom. The van der Waals surface area contributed by atoms with Crippen LogP contribution in [0.2, 0.25) is 6.04 Å². The van der Waals surface area contributed by atoms with Crippen LogP contribution in [0.5, 0.6) is 0 Å². The normalized spacial score (nSPS) is 13.2. The van der Waals surface area contributed by atoms with Gasteiger partial charge in [0.25, 0.3) is 0 Å². The average Bonchev–Trinajstić information content (AvgIpc) is 2.53. The zero-order chi connectivity index (χ0) is 20.7. The Kier molecular flexibility index (Phi) is 8.78. The first-order valence-electron chi connectivity index (χ1n) is 8.70. The summed E-state index contributed by atoms with van der Waals surface area (Å²) >= 11 is 0. The molecule has 0 unspecified atom stereocenters. The zero-order valence-corrected chi connectivity index (χ0v) is 16.2. The van der Waals surface area contributed by atoms with E-state index in [1.165, 1.54) is 0 Å². The van der Waals surface area contributed by atoms with Crippen molar-refractivity contribution in [2.45, 2.75) is 57.9 Å². The summed E-state index contributed by atoms with van der Waals surface area (Å²) in [6.07, 6.45) is -8.18. The lowest BCUT2D eigenvalue weighted by Crippen LogP contribution is -2.42. The highest BCUT2D eigenvalue weighted by Crippen LogP contribution is 2.36. The van der Waals surface area contributed by atoms with Crippen molar-refractivity contribution in [3.63, 3.8) is 0 Å². The second-order valence-corrected chi connectivity index (χ2v) is 8.56. The predicted molar refractivity (Wildman–Crippen MR) is 90.0 cm³/mol. The van der Waals surface area contributed by atoms with E-state index < -0.39 is 32.3 Å². The minimum Gasteiger partial charge on any atom is -0.390 e. The molecule has 0 atom stereocenters. The summed E-state index contributed by atoms with van der Waals surface area (Å²) in [5.41, 5.74) is -2.62. The molecule has 1 rings (SSSR count). The molecule has 1 N–H and O–H groups in total. The van der Waals surface area contributed by atoms with Gasteiger partial charge < -0.3 is 13.6 Å². The number of benzene rings is 1. The van der Waals surface area contributed by atoms with E-state index in [9.17, 15) is 31.1 Å². The molecule has 0 aliphatic carbocycles. The third kappa shape index (κ3) is 8.20. The molecular formula is C17H24F6O3Si. The quantitative estimate of drug-likeness (QED) is 0.312. The molecule has 0 amide bonds. The van der Waals surface area contributed by atoms with E-state index >= 15 is 0 Å². The number of alkyl halides is 6. The van der Waals surface area contributed by atoms with Crippen molar-refractivity contribution in [3.05, 3.63) is 34.9 Å². The monoisotopic (exact) mass is 418 g/mol. The zero-order valence-electron chi connectivity index (χ0n) is 15.2. The summed E-state index contributed by atoms with van der Waals surface area (Å²) in [5, 5.41) is 0. The van der Waals surface area contributed by atoms with Crippen molar-refractivity contribution in [1.82, 2.24) is 0 Å². The smallest absolute Gasteiger partial charge is 0.390 e. The standard InChI is InChI=1S/C17H24F6O3Si/c1-3-25-27(24,26-4-2)9-7-5-6-8-13-10-14(16(18,19)20)12-15(11-13)17(21,22)23/h10-12,24H,3-9H2,1-2H3. The van der Waals surface area contributed by atoms with Gasteiger partial charge >= 0.3 is 21.2 Å². The summed E-state index contributed by atoms with van der Waals surface area (Å²) < 4.78 is 87.5. The molecule has 0 fully saturated rings. The van der Waals surface area contributed by atoms with Gasteiger partial charge in [0.05, 0.1) is 11.1 Å². The van der Waals surface area contributed by atoms with Gasteiger partial charge in [-0.1, -0.05) is 6.42 Å². The fourth-order valence-corrected chi connectivity index (χ4v) is 4.63. The van der Waals surface area contributed by atoms with Crippen molar-refractivity contribution in [2.75, 3.05) is 13.2 Å². The van der Waals surface area contributed by atoms with Crippen LogP contribution in [-0.2, 0) is 27.6 Å². The summed E-state index contributed by atoms with van der Waals surface area (Å²) in [5.74, 6) is 0. The summed E-state index contributed by atoms with van der Waals surface area (Å²) in [7, 11) is -3.24. The van der Waals surface area contributed by atoms with Crippen LogP contribution in [0.4, 0.5) is 26.3 Å². The van der Waals surface area contributed by atoms with Gasteiger partial charge in [-0.3, -0.25) is 0 Å². The minimum absolute atomic E-state index is 0.0146. The van der Waals surface area contributed by atoms with E-state index in [4.69, 9.17) is 8.85 Å². The first-order valence-corrected chi connectivity index (χ1v) is 10.7. The predicted octanol–water partition coefficient (Wildman–Crippen LogP) is 5.44. The Labute approximate surface area is 155 Å². The van der Waals surface area contributed by atoms with Crippen LogP contribution >= 0.6 is 0 Å². The van der Waals surface area contributed by atoms with Gasteiger partial charge in [-0.25, -0.2) is 0 Å². The van der Waals surface area contributed by atoms with Crippen LogP contribution < -0.4 is 0 Å². The number of hydrogen-bond donors (Lipinski definition) is 1. The third-order valence-electron chi connectivity index (χ3n) is 3.85. The lowest BCUT2D eigenvalue weighted by Gasteiger charge is -2.22. The lowest BCUT2D eigenvalue weighted by molar-refractivity contribution is -0.143. The number of hydrogen-bond acceptors (Lipinski definition) is 3. The molecule has 0 saturated heterocycles. The Balaban J connectivity index is 2.69. The van der Waals surface area contributed by atoms with Crippen LogP contribution in [-0.4, -0.2) is 26.8 Å². The van der Waals surface area contributed by atoms with E-state index in [0.29, 0.717) is 38.5 Å². The van der Waals surface area contributed by atoms with Gasteiger partial charge in [0.2, 0.25) is 0 Å². The van der Waals surface area contributed by atoms with Crippen molar-refractivity contribution in [3.8, 4) is 0 Å². The van der Waals surface area contributed by atoms with Crippen LogP contribution in [0.3, 0.4) is 0 Å². The Morgan fingerprint density at radius 3 is 1.70 bits per heavy atom. The SMILES string of the molecule is CCO[Si](O)(CCCCCc1cc(C(F)(F)F)cc(C(F)(F)F)c1)OCC. The fourth-order valence-electron chi connectivity index (χ4n) is 2.66. The van der Waals surface area contributed by atoms with Gasteiger partial charge in [0.1, 0.15) is 0 Å². The molecule has 0 bridgehead atoms. The molecule has 0 spiro atoms. The van der Waals surface area contributed by atoms with E-state index in [0.717, 1.165) is 12.1 Å². The van der Waals surface area contributed by atoms with E-state index in [2.05, 4.69) is 0 Å². The highest BCUT2D eigenvalue weighted by Gasteiger charge is 2.37. The Hall–Kier alpha value is -1.10. The Bertz CT molecular complexity index is 551. The molecule has 1 aromatic carbocycles.